The highest BCUT2D eigenvalue weighted by Crippen LogP contribution is 2.41. The molecule has 1 heterocycles. The summed E-state index contributed by atoms with van der Waals surface area (Å²) in [6.07, 6.45) is 2.48. The van der Waals surface area contributed by atoms with E-state index in [1.54, 1.807) is 29.2 Å². The van der Waals surface area contributed by atoms with E-state index in [2.05, 4.69) is 12.1 Å². The molecule has 6 nitrogen and oxygen atoms in total. The van der Waals surface area contributed by atoms with Gasteiger partial charge in [-0.2, -0.15) is 10.5 Å². The lowest BCUT2D eigenvalue weighted by Gasteiger charge is -2.23. The number of nitrogens with two attached hydrogens (primary N) is 1. The van der Waals surface area contributed by atoms with Gasteiger partial charge in [-0.15, -0.1) is 0 Å². The van der Waals surface area contributed by atoms with Crippen molar-refractivity contribution in [1.82, 2.24) is 4.90 Å². The van der Waals surface area contributed by atoms with Crippen molar-refractivity contribution in [2.45, 2.75) is 31.3 Å². The fraction of sp³-hybridized carbons (Fsp3) is 0.500. The Hall–Kier alpha value is -2.57. The number of benzene rings is 1. The van der Waals surface area contributed by atoms with Crippen molar-refractivity contribution in [3.05, 3.63) is 29.8 Å². The second-order valence-corrected chi connectivity index (χ2v) is 6.45. The van der Waals surface area contributed by atoms with Crippen LogP contribution in [-0.2, 0) is 4.79 Å². The van der Waals surface area contributed by atoms with Gasteiger partial charge in [0.25, 0.3) is 0 Å². The summed E-state index contributed by atoms with van der Waals surface area (Å²) >= 11 is 0. The van der Waals surface area contributed by atoms with Gasteiger partial charge in [0.2, 0.25) is 5.91 Å². The van der Waals surface area contributed by atoms with Crippen LogP contribution in [0.25, 0.3) is 0 Å². The van der Waals surface area contributed by atoms with Crippen LogP contribution in [0.2, 0.25) is 0 Å². The molecule has 4 unspecified atom stereocenters. The molecule has 1 saturated carbocycles. The number of hydrogen-bond acceptors (Lipinski definition) is 5. The van der Waals surface area contributed by atoms with E-state index < -0.39 is 6.04 Å². The highest BCUT2D eigenvalue weighted by atomic mass is 16.5. The lowest BCUT2D eigenvalue weighted by atomic mass is 10.1. The molecule has 1 aromatic carbocycles. The van der Waals surface area contributed by atoms with Crippen molar-refractivity contribution in [1.29, 1.82) is 10.5 Å². The average Bonchev–Trinajstić information content (AvgIpc) is 3.24. The Kier molecular flexibility index (Phi) is 4.69. The molecule has 0 aromatic heterocycles. The Morgan fingerprint density at radius 3 is 2.79 bits per heavy atom. The molecule has 24 heavy (non-hydrogen) atoms. The zero-order chi connectivity index (χ0) is 17.1. The monoisotopic (exact) mass is 324 g/mol. The third-order valence-corrected chi connectivity index (χ3v) is 4.86. The number of hydrogen-bond donors (Lipinski definition) is 1. The van der Waals surface area contributed by atoms with Crippen LogP contribution in [-0.4, -0.2) is 36.0 Å². The molecule has 1 aromatic rings. The molecular weight excluding hydrogens is 304 g/mol. The second kappa shape index (κ2) is 6.90. The number of carbonyl (C=O) groups excluding carboxylic acids is 1. The third-order valence-electron chi connectivity index (χ3n) is 4.86. The maximum absolute atomic E-state index is 12.5. The van der Waals surface area contributed by atoms with Crippen molar-refractivity contribution >= 4 is 5.91 Å². The predicted molar refractivity (Wildman–Crippen MR) is 86.6 cm³/mol. The summed E-state index contributed by atoms with van der Waals surface area (Å²) in [6, 6.07) is 10.3. The van der Waals surface area contributed by atoms with Gasteiger partial charge in [0.05, 0.1) is 30.4 Å². The maximum atomic E-state index is 12.5. The van der Waals surface area contributed by atoms with Crippen LogP contribution in [0.1, 0.15) is 24.8 Å². The van der Waals surface area contributed by atoms with E-state index in [1.165, 1.54) is 0 Å². The molecule has 3 rings (SSSR count). The van der Waals surface area contributed by atoms with Gasteiger partial charge in [-0.1, -0.05) is 0 Å². The topological polar surface area (TPSA) is 103 Å². The summed E-state index contributed by atoms with van der Waals surface area (Å²) < 4.78 is 5.72. The zero-order valence-electron chi connectivity index (χ0n) is 13.4. The van der Waals surface area contributed by atoms with E-state index in [0.717, 1.165) is 19.3 Å². The highest BCUT2D eigenvalue weighted by molar-refractivity contribution is 5.83. The van der Waals surface area contributed by atoms with Gasteiger partial charge in [-0.25, -0.2) is 0 Å². The minimum atomic E-state index is -0.548. The number of amides is 1. The lowest BCUT2D eigenvalue weighted by Crippen LogP contribution is -2.47. The molecule has 1 amide bonds. The number of carbonyl (C=O) groups is 1. The van der Waals surface area contributed by atoms with Crippen molar-refractivity contribution in [2.24, 2.45) is 17.6 Å². The van der Waals surface area contributed by atoms with Gasteiger partial charge in [-0.3, -0.25) is 4.79 Å². The maximum Gasteiger partial charge on any atom is 0.240 e. The van der Waals surface area contributed by atoms with Crippen LogP contribution < -0.4 is 10.5 Å². The molecule has 1 saturated heterocycles. The van der Waals surface area contributed by atoms with Crippen LogP contribution in [0.3, 0.4) is 0 Å². The van der Waals surface area contributed by atoms with Gasteiger partial charge in [0, 0.05) is 6.54 Å². The fourth-order valence-corrected chi connectivity index (χ4v) is 3.27. The van der Waals surface area contributed by atoms with E-state index in [0.29, 0.717) is 24.5 Å². The van der Waals surface area contributed by atoms with E-state index in [9.17, 15) is 4.79 Å². The van der Waals surface area contributed by atoms with E-state index in [4.69, 9.17) is 21.0 Å². The summed E-state index contributed by atoms with van der Waals surface area (Å²) in [5.74, 6) is 0.993. The molecule has 0 radical (unpaired) electrons. The van der Waals surface area contributed by atoms with Crippen LogP contribution in [0.5, 0.6) is 5.75 Å². The van der Waals surface area contributed by atoms with Gasteiger partial charge in [0.1, 0.15) is 11.8 Å². The standard InChI is InChI=1S/C18H20N4O2/c19-9-12-3-5-15(6-4-12)24-11-13-8-16(13)17(21)18(23)22-7-1-2-14(22)10-20/h3-6,13-14,16-17H,1-2,7-8,11,21H2. The smallest absolute Gasteiger partial charge is 0.240 e. The van der Waals surface area contributed by atoms with Crippen LogP contribution >= 0.6 is 0 Å². The Morgan fingerprint density at radius 1 is 1.38 bits per heavy atom. The molecule has 1 aliphatic heterocycles. The number of nitrogens with zero attached hydrogens (tertiary/aromatic N) is 3. The summed E-state index contributed by atoms with van der Waals surface area (Å²) in [7, 11) is 0. The van der Waals surface area contributed by atoms with Crippen molar-refractivity contribution in [2.75, 3.05) is 13.2 Å². The van der Waals surface area contributed by atoms with Gasteiger partial charge < -0.3 is 15.4 Å². The summed E-state index contributed by atoms with van der Waals surface area (Å²) in [4.78, 5) is 14.1. The third kappa shape index (κ3) is 3.34. The van der Waals surface area contributed by atoms with Crippen molar-refractivity contribution < 1.29 is 9.53 Å². The van der Waals surface area contributed by atoms with Crippen LogP contribution in [0, 0.1) is 34.5 Å². The van der Waals surface area contributed by atoms with Gasteiger partial charge in [0.15, 0.2) is 0 Å². The van der Waals surface area contributed by atoms with E-state index >= 15 is 0 Å². The molecule has 6 heteroatoms. The van der Waals surface area contributed by atoms with E-state index in [-0.39, 0.29) is 23.8 Å². The molecule has 4 atom stereocenters. The number of nitriles is 2. The second-order valence-electron chi connectivity index (χ2n) is 6.45. The largest absolute Gasteiger partial charge is 0.493 e. The van der Waals surface area contributed by atoms with Crippen molar-refractivity contribution in [3.63, 3.8) is 0 Å². The molecule has 124 valence electrons. The Labute approximate surface area is 141 Å². The molecule has 0 spiro atoms. The first-order valence-corrected chi connectivity index (χ1v) is 8.22. The minimum absolute atomic E-state index is 0.107. The molecule has 2 fully saturated rings. The number of likely N-dealkylation sites (tertiary alicyclic amines) is 1. The van der Waals surface area contributed by atoms with Crippen LogP contribution in [0.4, 0.5) is 0 Å². The summed E-state index contributed by atoms with van der Waals surface area (Å²) in [5, 5.41) is 17.9. The minimum Gasteiger partial charge on any atom is -0.493 e. The Morgan fingerprint density at radius 2 is 2.12 bits per heavy atom. The number of rotatable bonds is 5. The SMILES string of the molecule is N#Cc1ccc(OCC2CC2C(N)C(=O)N2CCCC2C#N)cc1. The first-order valence-electron chi connectivity index (χ1n) is 8.22. The molecule has 1 aliphatic carbocycles. The highest BCUT2D eigenvalue weighted by Gasteiger charge is 2.47. The fourth-order valence-electron chi connectivity index (χ4n) is 3.27. The quantitative estimate of drug-likeness (QED) is 0.882. The first kappa shape index (κ1) is 16.3. The molecule has 2 aliphatic rings. The number of ether oxygens (including phenoxy) is 1. The molecular formula is C18H20N4O2. The molecule has 0 bridgehead atoms. The lowest BCUT2D eigenvalue weighted by molar-refractivity contribution is -0.133. The Balaban J connectivity index is 1.48. The molecule has 2 N–H and O–H groups in total. The normalized spacial score (nSPS) is 26.3. The predicted octanol–water partition coefficient (Wildman–Crippen LogP) is 1.42. The van der Waals surface area contributed by atoms with Gasteiger partial charge >= 0.3 is 0 Å². The van der Waals surface area contributed by atoms with Crippen LogP contribution in [0.15, 0.2) is 24.3 Å². The van der Waals surface area contributed by atoms with Gasteiger partial charge in [-0.05, 0) is 55.4 Å². The van der Waals surface area contributed by atoms with E-state index in [1.807, 2.05) is 0 Å². The summed E-state index contributed by atoms with van der Waals surface area (Å²) in [6.45, 7) is 1.14. The summed E-state index contributed by atoms with van der Waals surface area (Å²) in [5.41, 5.74) is 6.72. The average molecular weight is 324 g/mol. The first-order chi connectivity index (χ1) is 11.6. The zero-order valence-corrected chi connectivity index (χ0v) is 13.4. The Bertz CT molecular complexity index is 688. The van der Waals surface area contributed by atoms with Crippen molar-refractivity contribution in [3.8, 4) is 17.9 Å².